The molecule has 0 atom stereocenters. The summed E-state index contributed by atoms with van der Waals surface area (Å²) in [6.45, 7) is 0. The Balaban J connectivity index is 1.27. The first-order chi connectivity index (χ1) is 19.7. The lowest BCUT2D eigenvalue weighted by atomic mass is 10.1. The highest BCUT2D eigenvalue weighted by atomic mass is 16.5. The van der Waals surface area contributed by atoms with Gasteiger partial charge >= 0.3 is 0 Å². The molecule has 0 unspecified atom stereocenters. The van der Waals surface area contributed by atoms with Gasteiger partial charge in [0.1, 0.15) is 17.2 Å². The monoisotopic (exact) mass is 531 g/mol. The molecule has 0 saturated heterocycles. The second-order valence-corrected chi connectivity index (χ2v) is 8.79. The van der Waals surface area contributed by atoms with Crippen LogP contribution in [0.25, 0.3) is 33.1 Å². The summed E-state index contributed by atoms with van der Waals surface area (Å²) < 4.78 is 22.4. The molecule has 0 fully saturated rings. The van der Waals surface area contributed by atoms with Gasteiger partial charge < -0.3 is 24.3 Å². The van der Waals surface area contributed by atoms with Crippen molar-refractivity contribution in [3.05, 3.63) is 91.1 Å². The van der Waals surface area contributed by atoms with Gasteiger partial charge in [0.05, 0.1) is 32.5 Å². The second kappa shape index (κ2) is 10.7. The van der Waals surface area contributed by atoms with E-state index in [4.69, 9.17) is 18.9 Å². The van der Waals surface area contributed by atoms with Crippen LogP contribution >= 0.6 is 0 Å². The third-order valence-electron chi connectivity index (χ3n) is 6.41. The number of fused-ring (bicyclic) bond motifs is 2. The van der Waals surface area contributed by atoms with E-state index < -0.39 is 0 Å². The zero-order chi connectivity index (χ0) is 27.5. The van der Waals surface area contributed by atoms with E-state index in [1.54, 1.807) is 33.6 Å². The molecule has 3 aromatic carbocycles. The van der Waals surface area contributed by atoms with Gasteiger partial charge in [0.25, 0.3) is 0 Å². The van der Waals surface area contributed by atoms with Gasteiger partial charge in [-0.25, -0.2) is 4.98 Å². The van der Waals surface area contributed by atoms with E-state index in [-0.39, 0.29) is 0 Å². The standard InChI is InChI=1S/C31H25N5O4/c1-37-27-17-23-25(18-28(27)38-2)32-16-15-26(23)40-20-13-11-19(12-14-20)33-31-22-8-5-4-7-21(22)30(35-36-31)24-9-6-10-29(34-24)39-3/h4-18H,1-3H3,(H,33,36). The second-order valence-electron chi connectivity index (χ2n) is 8.79. The van der Waals surface area contributed by atoms with E-state index in [1.165, 1.54) is 0 Å². The van der Waals surface area contributed by atoms with Crippen LogP contribution in [0.1, 0.15) is 0 Å². The normalized spacial score (nSPS) is 10.9. The molecule has 40 heavy (non-hydrogen) atoms. The summed E-state index contributed by atoms with van der Waals surface area (Å²) in [6.07, 6.45) is 1.70. The molecule has 0 bridgehead atoms. The smallest absolute Gasteiger partial charge is 0.213 e. The van der Waals surface area contributed by atoms with Crippen molar-refractivity contribution in [3.8, 4) is 40.3 Å². The Labute approximate surface area is 230 Å². The van der Waals surface area contributed by atoms with Crippen LogP contribution in [0.3, 0.4) is 0 Å². The lowest BCUT2D eigenvalue weighted by Crippen LogP contribution is -2.00. The average molecular weight is 532 g/mol. The Morgan fingerprint density at radius 2 is 1.43 bits per heavy atom. The van der Waals surface area contributed by atoms with Crippen molar-refractivity contribution in [3.63, 3.8) is 0 Å². The minimum Gasteiger partial charge on any atom is -0.493 e. The highest BCUT2D eigenvalue weighted by Gasteiger charge is 2.14. The zero-order valence-corrected chi connectivity index (χ0v) is 22.1. The number of hydrogen-bond acceptors (Lipinski definition) is 9. The minimum absolute atomic E-state index is 0.520. The van der Waals surface area contributed by atoms with E-state index in [2.05, 4.69) is 25.5 Å². The summed E-state index contributed by atoms with van der Waals surface area (Å²) in [7, 11) is 4.79. The molecule has 3 aromatic heterocycles. The van der Waals surface area contributed by atoms with E-state index in [9.17, 15) is 0 Å². The number of pyridine rings is 2. The molecule has 9 heteroatoms. The number of hydrogen-bond donors (Lipinski definition) is 1. The molecule has 0 aliphatic carbocycles. The van der Waals surface area contributed by atoms with Crippen LogP contribution in [0.2, 0.25) is 0 Å². The third-order valence-corrected chi connectivity index (χ3v) is 6.41. The van der Waals surface area contributed by atoms with Crippen LogP contribution in [0.4, 0.5) is 11.5 Å². The van der Waals surface area contributed by atoms with Gasteiger partial charge in [0.15, 0.2) is 17.3 Å². The lowest BCUT2D eigenvalue weighted by molar-refractivity contribution is 0.355. The fourth-order valence-corrected chi connectivity index (χ4v) is 4.45. The molecule has 0 aliphatic heterocycles. The molecule has 0 radical (unpaired) electrons. The van der Waals surface area contributed by atoms with Crippen LogP contribution in [-0.4, -0.2) is 41.5 Å². The number of aromatic nitrogens is 4. The van der Waals surface area contributed by atoms with Crippen molar-refractivity contribution >= 4 is 33.2 Å². The van der Waals surface area contributed by atoms with Gasteiger partial charge in [-0.05, 0) is 42.5 Å². The topological polar surface area (TPSA) is 101 Å². The van der Waals surface area contributed by atoms with Crippen molar-refractivity contribution in [2.75, 3.05) is 26.6 Å². The SMILES string of the molecule is COc1cccc(-c2nnc(Nc3ccc(Oc4ccnc5cc(OC)c(OC)cc45)cc3)c3ccccc23)n1. The van der Waals surface area contributed by atoms with Crippen LogP contribution in [0.15, 0.2) is 91.1 Å². The highest BCUT2D eigenvalue weighted by molar-refractivity contribution is 6.00. The first-order valence-electron chi connectivity index (χ1n) is 12.5. The number of benzene rings is 3. The van der Waals surface area contributed by atoms with E-state index in [0.717, 1.165) is 27.4 Å². The van der Waals surface area contributed by atoms with Crippen molar-refractivity contribution in [2.24, 2.45) is 0 Å². The van der Waals surface area contributed by atoms with E-state index in [1.807, 2.05) is 78.9 Å². The third kappa shape index (κ3) is 4.76. The van der Waals surface area contributed by atoms with Gasteiger partial charge in [0.2, 0.25) is 5.88 Å². The van der Waals surface area contributed by atoms with Crippen LogP contribution in [-0.2, 0) is 0 Å². The lowest BCUT2D eigenvalue weighted by Gasteiger charge is -2.13. The average Bonchev–Trinajstić information content (AvgIpc) is 3.01. The molecular weight excluding hydrogens is 506 g/mol. The molecule has 0 spiro atoms. The van der Waals surface area contributed by atoms with Crippen molar-refractivity contribution in [2.45, 2.75) is 0 Å². The molecule has 3 heterocycles. The molecule has 1 N–H and O–H groups in total. The molecular formula is C31H25N5O4. The fraction of sp³-hybridized carbons (Fsp3) is 0.0968. The van der Waals surface area contributed by atoms with Crippen molar-refractivity contribution < 1.29 is 18.9 Å². The van der Waals surface area contributed by atoms with Gasteiger partial charge in [-0.15, -0.1) is 10.2 Å². The molecule has 0 saturated carbocycles. The summed E-state index contributed by atoms with van der Waals surface area (Å²) in [4.78, 5) is 8.97. The van der Waals surface area contributed by atoms with Crippen LogP contribution in [0, 0.1) is 0 Å². The molecule has 6 aromatic rings. The first-order valence-corrected chi connectivity index (χ1v) is 12.5. The first kappa shape index (κ1) is 24.9. The minimum atomic E-state index is 0.520. The van der Waals surface area contributed by atoms with E-state index in [0.29, 0.717) is 46.1 Å². The number of methoxy groups -OCH3 is 3. The van der Waals surface area contributed by atoms with Gasteiger partial charge in [-0.1, -0.05) is 30.3 Å². The molecule has 0 amide bonds. The Hall–Kier alpha value is -5.44. The predicted octanol–water partition coefficient (Wildman–Crippen LogP) is 6.80. The number of nitrogens with one attached hydrogen (secondary N) is 1. The number of rotatable bonds is 8. The summed E-state index contributed by atoms with van der Waals surface area (Å²) >= 11 is 0. The van der Waals surface area contributed by atoms with E-state index >= 15 is 0 Å². The number of anilines is 2. The molecule has 198 valence electrons. The van der Waals surface area contributed by atoms with Crippen molar-refractivity contribution in [1.82, 2.24) is 20.2 Å². The van der Waals surface area contributed by atoms with Crippen LogP contribution < -0.4 is 24.3 Å². The number of nitrogens with zero attached hydrogens (tertiary/aromatic N) is 4. The highest BCUT2D eigenvalue weighted by Crippen LogP contribution is 2.37. The zero-order valence-electron chi connectivity index (χ0n) is 22.1. The maximum atomic E-state index is 6.21. The van der Waals surface area contributed by atoms with Gasteiger partial charge in [-0.2, -0.15) is 0 Å². The Morgan fingerprint density at radius 1 is 0.650 bits per heavy atom. The summed E-state index contributed by atoms with van der Waals surface area (Å²) in [5.74, 6) is 3.70. The molecule has 6 rings (SSSR count). The Kier molecular flexibility index (Phi) is 6.68. The quantitative estimate of drug-likeness (QED) is 0.227. The summed E-state index contributed by atoms with van der Waals surface area (Å²) in [5.41, 5.74) is 2.95. The van der Waals surface area contributed by atoms with Gasteiger partial charge in [0, 0.05) is 40.2 Å². The largest absolute Gasteiger partial charge is 0.493 e. The van der Waals surface area contributed by atoms with Crippen LogP contribution in [0.5, 0.6) is 28.9 Å². The maximum Gasteiger partial charge on any atom is 0.213 e. The van der Waals surface area contributed by atoms with Crippen molar-refractivity contribution in [1.29, 1.82) is 0 Å². The molecule has 9 nitrogen and oxygen atoms in total. The Morgan fingerprint density at radius 3 is 2.20 bits per heavy atom. The Bertz CT molecular complexity index is 1830. The molecule has 0 aliphatic rings. The van der Waals surface area contributed by atoms with Gasteiger partial charge in [-0.3, -0.25) is 4.98 Å². The number of ether oxygens (including phenoxy) is 4. The summed E-state index contributed by atoms with van der Waals surface area (Å²) in [6, 6.07) is 26.7. The maximum absolute atomic E-state index is 6.21. The summed E-state index contributed by atoms with van der Waals surface area (Å²) in [5, 5.41) is 15.0. The fourth-order valence-electron chi connectivity index (χ4n) is 4.45. The predicted molar refractivity (Wildman–Crippen MR) is 154 cm³/mol.